The van der Waals surface area contributed by atoms with Gasteiger partial charge in [-0.25, -0.2) is 0 Å². The van der Waals surface area contributed by atoms with E-state index >= 15 is 0 Å². The maximum atomic E-state index is 5.91. The minimum Gasteiger partial charge on any atom is -0.489 e. The lowest BCUT2D eigenvalue weighted by atomic mass is 10.1. The number of benzene rings is 3. The molecule has 0 fully saturated rings. The highest BCUT2D eigenvalue weighted by Crippen LogP contribution is 2.18. The molecule has 4 rings (SSSR count). The number of aromatic nitrogens is 1. The van der Waals surface area contributed by atoms with Crippen molar-refractivity contribution in [2.24, 2.45) is 0 Å². The Kier molecular flexibility index (Phi) is 7.12. The second-order valence-corrected chi connectivity index (χ2v) is 6.71. The van der Waals surface area contributed by atoms with Gasteiger partial charge in [-0.15, -0.1) is 12.4 Å². The number of para-hydroxylation sites is 1. The number of ether oxygens (including phenoxy) is 1. The minimum atomic E-state index is 0. The molecular formula is C24H25ClN2O. The SMILES string of the molecule is Cl.c1ccc(COc2cccc(CNCCc3c[nH]c4ccccc34)c2)cc1. The van der Waals surface area contributed by atoms with Gasteiger partial charge in [0.1, 0.15) is 12.4 Å². The molecule has 4 heteroatoms. The molecule has 0 saturated carbocycles. The van der Waals surface area contributed by atoms with E-state index < -0.39 is 0 Å². The number of rotatable bonds is 8. The number of hydrogen-bond donors (Lipinski definition) is 2. The van der Waals surface area contributed by atoms with Crippen molar-refractivity contribution in [2.75, 3.05) is 6.54 Å². The summed E-state index contributed by atoms with van der Waals surface area (Å²) in [5.74, 6) is 0.912. The summed E-state index contributed by atoms with van der Waals surface area (Å²) in [7, 11) is 0. The molecular weight excluding hydrogens is 368 g/mol. The summed E-state index contributed by atoms with van der Waals surface area (Å²) < 4.78 is 5.91. The lowest BCUT2D eigenvalue weighted by Crippen LogP contribution is -2.16. The highest BCUT2D eigenvalue weighted by Gasteiger charge is 2.03. The highest BCUT2D eigenvalue weighted by atomic mass is 35.5. The Labute approximate surface area is 172 Å². The molecule has 1 heterocycles. The lowest BCUT2D eigenvalue weighted by Gasteiger charge is -2.09. The number of fused-ring (bicyclic) bond motifs is 1. The molecule has 28 heavy (non-hydrogen) atoms. The largest absolute Gasteiger partial charge is 0.489 e. The van der Waals surface area contributed by atoms with Gasteiger partial charge in [-0.05, 0) is 47.9 Å². The van der Waals surface area contributed by atoms with Gasteiger partial charge in [0.15, 0.2) is 0 Å². The van der Waals surface area contributed by atoms with Crippen molar-refractivity contribution in [2.45, 2.75) is 19.6 Å². The Morgan fingerprint density at radius 1 is 0.821 bits per heavy atom. The second-order valence-electron chi connectivity index (χ2n) is 6.71. The zero-order chi connectivity index (χ0) is 18.3. The molecule has 3 aromatic carbocycles. The third kappa shape index (κ3) is 5.16. The number of H-pyrrole nitrogens is 1. The molecule has 0 amide bonds. The normalized spacial score (nSPS) is 10.6. The number of halogens is 1. The van der Waals surface area contributed by atoms with E-state index in [-0.39, 0.29) is 12.4 Å². The molecule has 0 bridgehead atoms. The van der Waals surface area contributed by atoms with Crippen LogP contribution in [-0.2, 0) is 19.6 Å². The van der Waals surface area contributed by atoms with Gasteiger partial charge in [0.2, 0.25) is 0 Å². The molecule has 144 valence electrons. The Morgan fingerprint density at radius 3 is 2.50 bits per heavy atom. The van der Waals surface area contributed by atoms with Crippen LogP contribution in [0.2, 0.25) is 0 Å². The van der Waals surface area contributed by atoms with Crippen LogP contribution in [0.3, 0.4) is 0 Å². The van der Waals surface area contributed by atoms with Crippen molar-refractivity contribution in [1.29, 1.82) is 0 Å². The maximum absolute atomic E-state index is 5.91. The van der Waals surface area contributed by atoms with Crippen LogP contribution in [0.25, 0.3) is 10.9 Å². The fourth-order valence-electron chi connectivity index (χ4n) is 3.28. The van der Waals surface area contributed by atoms with E-state index in [9.17, 15) is 0 Å². The van der Waals surface area contributed by atoms with E-state index in [1.807, 2.05) is 24.3 Å². The average molecular weight is 393 g/mol. The van der Waals surface area contributed by atoms with E-state index in [1.165, 1.54) is 27.6 Å². The summed E-state index contributed by atoms with van der Waals surface area (Å²) in [5, 5.41) is 4.85. The summed E-state index contributed by atoms with van der Waals surface area (Å²) in [6.07, 6.45) is 3.12. The molecule has 0 radical (unpaired) electrons. The van der Waals surface area contributed by atoms with Crippen molar-refractivity contribution in [3.05, 3.63) is 102 Å². The van der Waals surface area contributed by atoms with Gasteiger partial charge < -0.3 is 15.0 Å². The topological polar surface area (TPSA) is 37.0 Å². The molecule has 2 N–H and O–H groups in total. The summed E-state index contributed by atoms with van der Waals surface area (Å²) in [4.78, 5) is 3.34. The minimum absolute atomic E-state index is 0. The molecule has 0 saturated heterocycles. The van der Waals surface area contributed by atoms with Crippen LogP contribution in [0.15, 0.2) is 85.1 Å². The van der Waals surface area contributed by atoms with E-state index in [1.54, 1.807) is 0 Å². The van der Waals surface area contributed by atoms with E-state index in [0.717, 1.165) is 25.3 Å². The van der Waals surface area contributed by atoms with Gasteiger partial charge in [-0.3, -0.25) is 0 Å². The van der Waals surface area contributed by atoms with Crippen molar-refractivity contribution in [3.63, 3.8) is 0 Å². The zero-order valence-corrected chi connectivity index (χ0v) is 16.5. The van der Waals surface area contributed by atoms with Crippen LogP contribution in [0.4, 0.5) is 0 Å². The Bertz CT molecular complexity index is 998. The molecule has 1 aromatic heterocycles. The number of hydrogen-bond acceptors (Lipinski definition) is 2. The van der Waals surface area contributed by atoms with Crippen LogP contribution in [0.1, 0.15) is 16.7 Å². The molecule has 0 spiro atoms. The number of aromatic amines is 1. The quantitative estimate of drug-likeness (QED) is 0.388. The summed E-state index contributed by atoms with van der Waals surface area (Å²) >= 11 is 0. The first kappa shape index (κ1) is 20.0. The van der Waals surface area contributed by atoms with Crippen molar-refractivity contribution in [3.8, 4) is 5.75 Å². The average Bonchev–Trinajstić information content (AvgIpc) is 3.14. The third-order valence-electron chi connectivity index (χ3n) is 4.72. The fraction of sp³-hybridized carbons (Fsp3) is 0.167. The van der Waals surface area contributed by atoms with Crippen molar-refractivity contribution in [1.82, 2.24) is 10.3 Å². The summed E-state index contributed by atoms with van der Waals surface area (Å²) in [6.45, 7) is 2.38. The van der Waals surface area contributed by atoms with Crippen LogP contribution in [-0.4, -0.2) is 11.5 Å². The first-order chi connectivity index (χ1) is 13.4. The summed E-state index contributed by atoms with van der Waals surface area (Å²) in [5.41, 5.74) is 4.98. The van der Waals surface area contributed by atoms with E-state index in [4.69, 9.17) is 4.74 Å². The lowest BCUT2D eigenvalue weighted by molar-refractivity contribution is 0.306. The Hall–Kier alpha value is -2.75. The Balaban J connectivity index is 0.00000225. The molecule has 0 unspecified atom stereocenters. The summed E-state index contributed by atoms with van der Waals surface area (Å²) in [6, 6.07) is 27.0. The highest BCUT2D eigenvalue weighted by molar-refractivity contribution is 5.85. The Morgan fingerprint density at radius 2 is 1.61 bits per heavy atom. The zero-order valence-electron chi connectivity index (χ0n) is 15.7. The standard InChI is InChI=1S/C24H24N2O.ClH/c1-2-7-19(8-3-1)18-27-22-10-6-9-20(15-22)16-25-14-13-21-17-26-24-12-5-4-11-23(21)24;/h1-12,15,17,25-26H,13-14,16,18H2;1H. The van der Waals surface area contributed by atoms with Gasteiger partial charge >= 0.3 is 0 Å². The second kappa shape index (κ2) is 9.98. The third-order valence-corrected chi connectivity index (χ3v) is 4.72. The first-order valence-corrected chi connectivity index (χ1v) is 9.40. The molecule has 4 aromatic rings. The van der Waals surface area contributed by atoms with Gasteiger partial charge in [-0.1, -0.05) is 60.7 Å². The predicted molar refractivity (Wildman–Crippen MR) is 118 cm³/mol. The van der Waals surface area contributed by atoms with Gasteiger partial charge in [-0.2, -0.15) is 0 Å². The van der Waals surface area contributed by atoms with Gasteiger partial charge in [0.25, 0.3) is 0 Å². The fourth-order valence-corrected chi connectivity index (χ4v) is 3.28. The van der Waals surface area contributed by atoms with Gasteiger partial charge in [0, 0.05) is 23.6 Å². The first-order valence-electron chi connectivity index (χ1n) is 9.40. The molecule has 0 aliphatic carbocycles. The van der Waals surface area contributed by atoms with E-state index in [0.29, 0.717) is 6.61 Å². The van der Waals surface area contributed by atoms with Crippen molar-refractivity contribution >= 4 is 23.3 Å². The van der Waals surface area contributed by atoms with E-state index in [2.05, 4.69) is 71.1 Å². The molecule has 0 aliphatic rings. The molecule has 3 nitrogen and oxygen atoms in total. The van der Waals surface area contributed by atoms with Crippen molar-refractivity contribution < 1.29 is 4.74 Å². The van der Waals surface area contributed by atoms with Crippen LogP contribution in [0, 0.1) is 0 Å². The van der Waals surface area contributed by atoms with Crippen LogP contribution < -0.4 is 10.1 Å². The van der Waals surface area contributed by atoms with Crippen LogP contribution >= 0.6 is 12.4 Å². The smallest absolute Gasteiger partial charge is 0.120 e. The van der Waals surface area contributed by atoms with Gasteiger partial charge in [0.05, 0.1) is 0 Å². The predicted octanol–water partition coefficient (Wildman–Crippen LogP) is 5.50. The molecule has 0 atom stereocenters. The number of nitrogens with one attached hydrogen (secondary N) is 2. The van der Waals surface area contributed by atoms with Crippen LogP contribution in [0.5, 0.6) is 5.75 Å². The monoisotopic (exact) mass is 392 g/mol. The maximum Gasteiger partial charge on any atom is 0.120 e. The molecule has 0 aliphatic heterocycles.